The van der Waals surface area contributed by atoms with E-state index in [4.69, 9.17) is 21.1 Å². The molecule has 0 aliphatic rings. The predicted octanol–water partition coefficient (Wildman–Crippen LogP) is 3.77. The van der Waals surface area contributed by atoms with Crippen LogP contribution < -0.4 is 9.47 Å². The minimum Gasteiger partial charge on any atom is -0.494 e. The van der Waals surface area contributed by atoms with E-state index in [1.54, 1.807) is 18.2 Å². The second kappa shape index (κ2) is 6.58. The second-order valence-electron chi connectivity index (χ2n) is 3.60. The number of hydrogen-bond donors (Lipinski definition) is 0. The Kier molecular flexibility index (Phi) is 4.81. The zero-order valence-electron chi connectivity index (χ0n) is 10.9. The molecule has 2 aromatic rings. The van der Waals surface area contributed by atoms with Gasteiger partial charge in [-0.2, -0.15) is 4.98 Å². The summed E-state index contributed by atoms with van der Waals surface area (Å²) in [5.74, 6) is 0.712. The highest BCUT2D eigenvalue weighted by Crippen LogP contribution is 2.33. The summed E-state index contributed by atoms with van der Waals surface area (Å²) in [6.07, 6.45) is 0. The Bertz CT molecular complexity index is 614. The highest BCUT2D eigenvalue weighted by molar-refractivity contribution is 7.15. The zero-order chi connectivity index (χ0) is 14.5. The van der Waals surface area contributed by atoms with Crippen molar-refractivity contribution in [2.24, 2.45) is 0 Å². The van der Waals surface area contributed by atoms with Crippen LogP contribution in [0.3, 0.4) is 0 Å². The van der Waals surface area contributed by atoms with Crippen molar-refractivity contribution in [3.63, 3.8) is 0 Å². The summed E-state index contributed by atoms with van der Waals surface area (Å²) in [6, 6.07) is 7.12. The Labute approximate surface area is 125 Å². The predicted molar refractivity (Wildman–Crippen MR) is 76.1 cm³/mol. The molecule has 20 heavy (non-hydrogen) atoms. The molecule has 0 fully saturated rings. The molecule has 106 valence electrons. The summed E-state index contributed by atoms with van der Waals surface area (Å²) >= 11 is 6.89. The molecule has 7 heteroatoms. The van der Waals surface area contributed by atoms with Crippen LogP contribution in [-0.2, 0) is 4.74 Å². The average molecular weight is 314 g/mol. The van der Waals surface area contributed by atoms with Crippen molar-refractivity contribution in [1.29, 1.82) is 0 Å². The lowest BCUT2D eigenvalue weighted by Gasteiger charge is -2.05. The van der Waals surface area contributed by atoms with Crippen molar-refractivity contribution < 1.29 is 19.0 Å². The lowest BCUT2D eigenvalue weighted by Crippen LogP contribution is -1.98. The molecule has 1 aromatic heterocycles. The first-order valence-electron chi connectivity index (χ1n) is 5.79. The van der Waals surface area contributed by atoms with Crippen molar-refractivity contribution in [3.05, 3.63) is 34.3 Å². The normalized spacial score (nSPS) is 10.2. The van der Waals surface area contributed by atoms with Crippen LogP contribution in [0.1, 0.15) is 16.6 Å². The Balaban J connectivity index is 2.18. The monoisotopic (exact) mass is 313 g/mol. The molecule has 1 aromatic carbocycles. The Morgan fingerprint density at radius 3 is 2.85 bits per heavy atom. The third-order valence-corrected chi connectivity index (χ3v) is 3.56. The number of ether oxygens (including phenoxy) is 3. The highest BCUT2D eigenvalue weighted by atomic mass is 35.5. The lowest BCUT2D eigenvalue weighted by atomic mass is 10.3. The molecular formula is C13H12ClNO4S. The van der Waals surface area contributed by atoms with Gasteiger partial charge >= 0.3 is 5.97 Å². The van der Waals surface area contributed by atoms with Gasteiger partial charge in [-0.05, 0) is 19.1 Å². The molecule has 0 saturated carbocycles. The minimum atomic E-state index is -0.537. The second-order valence-corrected chi connectivity index (χ2v) is 4.92. The van der Waals surface area contributed by atoms with E-state index in [-0.39, 0.29) is 15.2 Å². The number of carbonyl (C=O) groups excluding carboxylic acids is 1. The van der Waals surface area contributed by atoms with E-state index in [0.717, 1.165) is 11.3 Å². The molecule has 1 heterocycles. The molecular weight excluding hydrogens is 302 g/mol. The summed E-state index contributed by atoms with van der Waals surface area (Å²) in [5, 5.41) is 0.335. The van der Waals surface area contributed by atoms with E-state index in [9.17, 15) is 4.79 Å². The van der Waals surface area contributed by atoms with Crippen LogP contribution in [0, 0.1) is 0 Å². The molecule has 5 nitrogen and oxygen atoms in total. The number of halogens is 1. The standard InChI is InChI=1S/C13H12ClNO4S/c1-3-18-8-5-4-6-9(7-8)19-13-15-11(14)10(20-13)12(16)17-2/h4-7H,3H2,1-2H3. The van der Waals surface area contributed by atoms with Gasteiger partial charge in [-0.3, -0.25) is 0 Å². The molecule has 2 rings (SSSR count). The first kappa shape index (κ1) is 14.6. The summed E-state index contributed by atoms with van der Waals surface area (Å²) in [6.45, 7) is 2.47. The maximum Gasteiger partial charge on any atom is 0.351 e. The van der Waals surface area contributed by atoms with Crippen molar-refractivity contribution in [2.45, 2.75) is 6.92 Å². The van der Waals surface area contributed by atoms with Gasteiger partial charge in [0, 0.05) is 6.07 Å². The number of carbonyl (C=O) groups is 1. The number of benzene rings is 1. The number of hydrogen-bond acceptors (Lipinski definition) is 6. The van der Waals surface area contributed by atoms with Gasteiger partial charge in [0.1, 0.15) is 11.5 Å². The fraction of sp³-hybridized carbons (Fsp3) is 0.231. The van der Waals surface area contributed by atoms with Gasteiger partial charge in [-0.25, -0.2) is 4.79 Å². The molecule has 0 radical (unpaired) electrons. The van der Waals surface area contributed by atoms with Gasteiger partial charge in [0.25, 0.3) is 5.19 Å². The van der Waals surface area contributed by atoms with Crippen LogP contribution in [0.5, 0.6) is 16.7 Å². The average Bonchev–Trinajstić information content (AvgIpc) is 2.79. The van der Waals surface area contributed by atoms with Gasteiger partial charge in [-0.15, -0.1) is 0 Å². The van der Waals surface area contributed by atoms with E-state index >= 15 is 0 Å². The molecule has 0 amide bonds. The van der Waals surface area contributed by atoms with E-state index in [0.29, 0.717) is 18.1 Å². The van der Waals surface area contributed by atoms with Crippen LogP contribution in [-0.4, -0.2) is 24.7 Å². The summed E-state index contributed by atoms with van der Waals surface area (Å²) < 4.78 is 15.5. The number of rotatable bonds is 5. The van der Waals surface area contributed by atoms with E-state index in [1.807, 2.05) is 13.0 Å². The van der Waals surface area contributed by atoms with Gasteiger partial charge in [0.05, 0.1) is 13.7 Å². The topological polar surface area (TPSA) is 57.7 Å². The SMILES string of the molecule is CCOc1cccc(Oc2nc(Cl)c(C(=O)OC)s2)c1. The third-order valence-electron chi connectivity index (χ3n) is 2.26. The van der Waals surface area contributed by atoms with Crippen molar-refractivity contribution >= 4 is 28.9 Å². The number of aromatic nitrogens is 1. The zero-order valence-corrected chi connectivity index (χ0v) is 12.5. The number of esters is 1. The van der Waals surface area contributed by atoms with Crippen LogP contribution in [0.25, 0.3) is 0 Å². The maximum absolute atomic E-state index is 11.4. The number of methoxy groups -OCH3 is 1. The van der Waals surface area contributed by atoms with E-state index in [2.05, 4.69) is 9.72 Å². The Morgan fingerprint density at radius 1 is 1.40 bits per heavy atom. The van der Waals surface area contributed by atoms with Gasteiger partial charge in [-0.1, -0.05) is 29.0 Å². The van der Waals surface area contributed by atoms with Crippen molar-refractivity contribution in [1.82, 2.24) is 4.98 Å². The van der Waals surface area contributed by atoms with E-state index in [1.165, 1.54) is 7.11 Å². The molecule has 0 aliphatic carbocycles. The molecule has 0 unspecified atom stereocenters. The third kappa shape index (κ3) is 3.40. The van der Waals surface area contributed by atoms with Crippen molar-refractivity contribution in [2.75, 3.05) is 13.7 Å². The molecule has 0 bridgehead atoms. The van der Waals surface area contributed by atoms with Crippen LogP contribution in [0.15, 0.2) is 24.3 Å². The summed E-state index contributed by atoms with van der Waals surface area (Å²) in [7, 11) is 1.28. The lowest BCUT2D eigenvalue weighted by molar-refractivity contribution is 0.0606. The van der Waals surface area contributed by atoms with Gasteiger partial charge in [0.15, 0.2) is 10.0 Å². The van der Waals surface area contributed by atoms with Crippen LogP contribution >= 0.6 is 22.9 Å². The fourth-order valence-electron chi connectivity index (χ4n) is 1.44. The quantitative estimate of drug-likeness (QED) is 0.786. The highest BCUT2D eigenvalue weighted by Gasteiger charge is 2.18. The van der Waals surface area contributed by atoms with E-state index < -0.39 is 5.97 Å². The molecule has 0 saturated heterocycles. The fourth-order valence-corrected chi connectivity index (χ4v) is 2.51. The smallest absolute Gasteiger partial charge is 0.351 e. The summed E-state index contributed by atoms with van der Waals surface area (Å²) in [4.78, 5) is 15.6. The number of thiazole rings is 1. The molecule has 0 spiro atoms. The molecule has 0 atom stereocenters. The van der Waals surface area contributed by atoms with Gasteiger partial charge < -0.3 is 14.2 Å². The largest absolute Gasteiger partial charge is 0.494 e. The molecule has 0 aliphatic heterocycles. The first-order valence-corrected chi connectivity index (χ1v) is 6.98. The summed E-state index contributed by atoms with van der Waals surface area (Å²) in [5.41, 5.74) is 0. The van der Waals surface area contributed by atoms with Crippen LogP contribution in [0.4, 0.5) is 0 Å². The maximum atomic E-state index is 11.4. The van der Waals surface area contributed by atoms with Gasteiger partial charge in [0.2, 0.25) is 0 Å². The first-order chi connectivity index (χ1) is 9.63. The minimum absolute atomic E-state index is 0.0674. The van der Waals surface area contributed by atoms with Crippen LogP contribution in [0.2, 0.25) is 5.15 Å². The Morgan fingerprint density at radius 2 is 2.15 bits per heavy atom. The Hall–Kier alpha value is -1.79. The number of nitrogens with zero attached hydrogens (tertiary/aromatic N) is 1. The molecule has 0 N–H and O–H groups in total. The van der Waals surface area contributed by atoms with Crippen molar-refractivity contribution in [3.8, 4) is 16.7 Å².